The van der Waals surface area contributed by atoms with Gasteiger partial charge in [0.2, 0.25) is 0 Å². The van der Waals surface area contributed by atoms with Crippen molar-refractivity contribution < 1.29 is 4.79 Å². The maximum absolute atomic E-state index is 12.5. The number of hydrogen-bond donors (Lipinski definition) is 1. The standard InChI is InChI=1S/C21H28ClN5OS/c22-19-6-5-18(29-19)16-25-10-12-27(13-11-25)21(28)24-15-17-4-7-20(23-14-17)26-8-2-1-3-9-26/h4-7,14H,1-3,8-13,15-16H2,(H,24,28). The molecule has 156 valence electrons. The highest BCUT2D eigenvalue weighted by Crippen LogP contribution is 2.23. The van der Waals surface area contributed by atoms with E-state index in [0.29, 0.717) is 6.54 Å². The maximum atomic E-state index is 12.5. The van der Waals surface area contributed by atoms with Gasteiger partial charge < -0.3 is 15.1 Å². The molecule has 0 spiro atoms. The Morgan fingerprint density at radius 1 is 1.03 bits per heavy atom. The lowest BCUT2D eigenvalue weighted by atomic mass is 10.1. The van der Waals surface area contributed by atoms with E-state index in [0.717, 1.165) is 61.5 Å². The number of piperidine rings is 1. The summed E-state index contributed by atoms with van der Waals surface area (Å²) in [4.78, 5) is 25.0. The van der Waals surface area contributed by atoms with Crippen LogP contribution in [0.4, 0.5) is 10.6 Å². The van der Waals surface area contributed by atoms with Crippen molar-refractivity contribution in [3.8, 4) is 0 Å². The molecule has 2 aromatic rings. The molecule has 0 atom stereocenters. The lowest BCUT2D eigenvalue weighted by molar-refractivity contribution is 0.135. The molecular formula is C21H28ClN5OS. The van der Waals surface area contributed by atoms with Gasteiger partial charge in [0.05, 0.1) is 4.34 Å². The van der Waals surface area contributed by atoms with Crippen LogP contribution in [-0.2, 0) is 13.1 Å². The Labute approximate surface area is 181 Å². The van der Waals surface area contributed by atoms with Crippen molar-refractivity contribution in [2.45, 2.75) is 32.4 Å². The molecule has 0 saturated carbocycles. The summed E-state index contributed by atoms with van der Waals surface area (Å²) in [6.45, 7) is 6.86. The summed E-state index contributed by atoms with van der Waals surface area (Å²) >= 11 is 7.63. The van der Waals surface area contributed by atoms with Gasteiger partial charge in [-0.25, -0.2) is 9.78 Å². The number of urea groups is 1. The van der Waals surface area contributed by atoms with Crippen LogP contribution in [0.5, 0.6) is 0 Å². The van der Waals surface area contributed by atoms with Crippen LogP contribution >= 0.6 is 22.9 Å². The quantitative estimate of drug-likeness (QED) is 0.778. The topological polar surface area (TPSA) is 51.7 Å². The average molecular weight is 434 g/mol. The van der Waals surface area contributed by atoms with Crippen LogP contribution in [-0.4, -0.2) is 60.1 Å². The number of hydrogen-bond acceptors (Lipinski definition) is 5. The molecule has 0 radical (unpaired) electrons. The molecule has 2 amide bonds. The highest BCUT2D eigenvalue weighted by atomic mass is 35.5. The monoisotopic (exact) mass is 433 g/mol. The fourth-order valence-electron chi connectivity index (χ4n) is 3.89. The first-order valence-corrected chi connectivity index (χ1v) is 11.6. The van der Waals surface area contributed by atoms with Gasteiger partial charge in [-0.1, -0.05) is 17.7 Å². The molecule has 29 heavy (non-hydrogen) atoms. The van der Waals surface area contributed by atoms with Gasteiger partial charge in [0.25, 0.3) is 0 Å². The number of thiophene rings is 1. The number of rotatable bonds is 5. The van der Waals surface area contributed by atoms with Gasteiger partial charge in [0.15, 0.2) is 0 Å². The van der Waals surface area contributed by atoms with Crippen LogP contribution < -0.4 is 10.2 Å². The Morgan fingerprint density at radius 2 is 1.83 bits per heavy atom. The highest BCUT2D eigenvalue weighted by molar-refractivity contribution is 7.16. The maximum Gasteiger partial charge on any atom is 0.317 e. The zero-order valence-electron chi connectivity index (χ0n) is 16.6. The molecule has 2 aliphatic rings. The van der Waals surface area contributed by atoms with Crippen LogP contribution in [0.1, 0.15) is 29.7 Å². The third-order valence-electron chi connectivity index (χ3n) is 5.60. The van der Waals surface area contributed by atoms with Crippen molar-refractivity contribution in [1.29, 1.82) is 0 Å². The molecule has 4 heterocycles. The zero-order chi connectivity index (χ0) is 20.1. The first-order valence-electron chi connectivity index (χ1n) is 10.4. The summed E-state index contributed by atoms with van der Waals surface area (Å²) in [5.74, 6) is 1.04. The largest absolute Gasteiger partial charge is 0.357 e. The Kier molecular flexibility index (Phi) is 6.90. The fraction of sp³-hybridized carbons (Fsp3) is 0.524. The van der Waals surface area contributed by atoms with E-state index in [1.807, 2.05) is 17.2 Å². The number of aromatic nitrogens is 1. The van der Waals surface area contributed by atoms with E-state index in [1.165, 1.54) is 24.1 Å². The van der Waals surface area contributed by atoms with Crippen molar-refractivity contribution in [2.75, 3.05) is 44.2 Å². The summed E-state index contributed by atoms with van der Waals surface area (Å²) < 4.78 is 0.830. The van der Waals surface area contributed by atoms with Crippen LogP contribution in [0.15, 0.2) is 30.5 Å². The Morgan fingerprint density at radius 3 is 2.48 bits per heavy atom. The molecule has 0 bridgehead atoms. The molecule has 0 unspecified atom stereocenters. The minimum absolute atomic E-state index is 0.00363. The molecule has 0 aliphatic carbocycles. The average Bonchev–Trinajstić information content (AvgIpc) is 3.18. The van der Waals surface area contributed by atoms with Gasteiger partial charge in [0, 0.05) is 63.4 Å². The lowest BCUT2D eigenvalue weighted by Crippen LogP contribution is -2.51. The van der Waals surface area contributed by atoms with Crippen molar-refractivity contribution in [1.82, 2.24) is 20.1 Å². The predicted octanol–water partition coefficient (Wildman–Crippen LogP) is 3.81. The Bertz CT molecular complexity index is 798. The normalized spacial score (nSPS) is 18.1. The Hall–Kier alpha value is -1.83. The smallest absolute Gasteiger partial charge is 0.317 e. The second-order valence-corrected chi connectivity index (χ2v) is 9.50. The van der Waals surface area contributed by atoms with E-state index < -0.39 is 0 Å². The van der Waals surface area contributed by atoms with Gasteiger partial charge >= 0.3 is 6.03 Å². The molecule has 8 heteroatoms. The van der Waals surface area contributed by atoms with E-state index >= 15 is 0 Å². The van der Waals surface area contributed by atoms with E-state index in [-0.39, 0.29) is 6.03 Å². The van der Waals surface area contributed by atoms with Gasteiger partial charge in [-0.05, 0) is 43.0 Å². The number of anilines is 1. The third-order valence-corrected chi connectivity index (χ3v) is 6.82. The molecule has 2 saturated heterocycles. The predicted molar refractivity (Wildman–Crippen MR) is 119 cm³/mol. The summed E-state index contributed by atoms with van der Waals surface area (Å²) in [6.07, 6.45) is 5.69. The number of carbonyl (C=O) groups excluding carboxylic acids is 1. The number of piperazine rings is 1. The summed E-state index contributed by atoms with van der Waals surface area (Å²) in [6, 6.07) is 8.17. The lowest BCUT2D eigenvalue weighted by Gasteiger charge is -2.34. The molecule has 2 fully saturated rings. The minimum Gasteiger partial charge on any atom is -0.357 e. The Balaban J connectivity index is 1.20. The van der Waals surface area contributed by atoms with Crippen molar-refractivity contribution >= 4 is 34.8 Å². The molecule has 0 aromatic carbocycles. The van der Waals surface area contributed by atoms with Crippen LogP contribution in [0.25, 0.3) is 0 Å². The SMILES string of the molecule is O=C(NCc1ccc(N2CCCCC2)nc1)N1CCN(Cc2ccc(Cl)s2)CC1. The minimum atomic E-state index is 0.00363. The fourth-order valence-corrected chi connectivity index (χ4v) is 5.02. The number of halogens is 1. The number of nitrogens with one attached hydrogen (secondary N) is 1. The number of pyridine rings is 1. The molecular weight excluding hydrogens is 406 g/mol. The van der Waals surface area contributed by atoms with Crippen molar-refractivity contribution in [3.63, 3.8) is 0 Å². The van der Waals surface area contributed by atoms with Crippen LogP contribution in [0.2, 0.25) is 4.34 Å². The first kappa shape index (κ1) is 20.4. The number of carbonyl (C=O) groups is 1. The van der Waals surface area contributed by atoms with Gasteiger partial charge in [0.1, 0.15) is 5.82 Å². The summed E-state index contributed by atoms with van der Waals surface area (Å²) in [7, 11) is 0. The molecule has 6 nitrogen and oxygen atoms in total. The van der Waals surface area contributed by atoms with E-state index in [1.54, 1.807) is 11.3 Å². The molecule has 2 aromatic heterocycles. The summed E-state index contributed by atoms with van der Waals surface area (Å²) in [5.41, 5.74) is 1.03. The van der Waals surface area contributed by atoms with Crippen molar-refractivity contribution in [2.24, 2.45) is 0 Å². The van der Waals surface area contributed by atoms with Gasteiger partial charge in [-0.2, -0.15) is 0 Å². The van der Waals surface area contributed by atoms with Crippen LogP contribution in [0.3, 0.4) is 0 Å². The van der Waals surface area contributed by atoms with Gasteiger partial charge in [-0.3, -0.25) is 4.90 Å². The first-order chi connectivity index (χ1) is 14.2. The summed E-state index contributed by atoms with van der Waals surface area (Å²) in [5, 5.41) is 3.04. The van der Waals surface area contributed by atoms with Crippen LogP contribution in [0, 0.1) is 0 Å². The zero-order valence-corrected chi connectivity index (χ0v) is 18.2. The van der Waals surface area contributed by atoms with E-state index in [4.69, 9.17) is 11.6 Å². The third kappa shape index (κ3) is 5.62. The number of nitrogens with zero attached hydrogens (tertiary/aromatic N) is 4. The van der Waals surface area contributed by atoms with Crippen molar-refractivity contribution in [3.05, 3.63) is 45.2 Å². The second-order valence-electron chi connectivity index (χ2n) is 7.70. The van der Waals surface area contributed by atoms with Gasteiger partial charge in [-0.15, -0.1) is 11.3 Å². The second kappa shape index (κ2) is 9.78. The molecule has 1 N–H and O–H groups in total. The van der Waals surface area contributed by atoms with E-state index in [2.05, 4.69) is 38.3 Å². The molecule has 2 aliphatic heterocycles. The van der Waals surface area contributed by atoms with E-state index in [9.17, 15) is 4.79 Å². The number of amides is 2. The highest BCUT2D eigenvalue weighted by Gasteiger charge is 2.21. The molecule has 4 rings (SSSR count).